The third-order valence-corrected chi connectivity index (χ3v) is 5.94. The average Bonchev–Trinajstić information content (AvgIpc) is 3.46. The van der Waals surface area contributed by atoms with Gasteiger partial charge >= 0.3 is 0 Å². The molecule has 0 saturated heterocycles. The molecule has 3 heterocycles. The zero-order valence-electron chi connectivity index (χ0n) is 19.9. The highest BCUT2D eigenvalue weighted by molar-refractivity contribution is 6.04. The molecule has 1 aromatic carbocycles. The highest BCUT2D eigenvalue weighted by Gasteiger charge is 2.33. The highest BCUT2D eigenvalue weighted by atomic mass is 19.1. The summed E-state index contributed by atoms with van der Waals surface area (Å²) < 4.78 is 21.8. The van der Waals surface area contributed by atoms with Crippen LogP contribution in [-0.4, -0.2) is 35.5 Å². The molecule has 12 heteroatoms. The van der Waals surface area contributed by atoms with Crippen LogP contribution >= 0.6 is 0 Å². The van der Waals surface area contributed by atoms with Crippen molar-refractivity contribution in [2.45, 2.75) is 25.7 Å². The Kier molecular flexibility index (Phi) is 6.39. The van der Waals surface area contributed by atoms with Crippen LogP contribution in [0.3, 0.4) is 0 Å². The number of nitrogens with zero attached hydrogens (tertiary/aromatic N) is 6. The molecule has 36 heavy (non-hydrogen) atoms. The molecule has 0 saturated carbocycles. The molecule has 2 atom stereocenters. The summed E-state index contributed by atoms with van der Waals surface area (Å²) in [7, 11) is 3.12. The van der Waals surface area contributed by atoms with Crippen LogP contribution in [0, 0.1) is 24.1 Å². The Bertz CT molecular complexity index is 1550. The number of hydrogen-bond acceptors (Lipinski definition) is 8. The Morgan fingerprint density at radius 1 is 1.31 bits per heavy atom. The van der Waals surface area contributed by atoms with Gasteiger partial charge in [0, 0.05) is 31.6 Å². The number of carbonyl (C=O) groups excluding carboxylic acids is 1. The first-order chi connectivity index (χ1) is 17.1. The van der Waals surface area contributed by atoms with E-state index >= 15 is 0 Å². The standard InChI is InChI=1S/C24H22FN7O4/c1-12-7-18(32(4)30-12)19(17-8-15(25)6-5-14(17)9-26)13(2)22-29-20(21(33)24(35)31(22)3)23(34)28-16-10-27-36-11-16/h5-8,10-11,13,19,33H,1-4H3,(H,28,34)/t13-,19-/m0/s1. The van der Waals surface area contributed by atoms with E-state index in [0.29, 0.717) is 17.0 Å². The van der Waals surface area contributed by atoms with Gasteiger partial charge in [0.1, 0.15) is 23.6 Å². The van der Waals surface area contributed by atoms with Crippen molar-refractivity contribution in [2.75, 3.05) is 5.32 Å². The van der Waals surface area contributed by atoms with E-state index in [-0.39, 0.29) is 17.1 Å². The summed E-state index contributed by atoms with van der Waals surface area (Å²) in [6, 6.07) is 7.73. The zero-order valence-corrected chi connectivity index (χ0v) is 19.9. The van der Waals surface area contributed by atoms with Crippen LogP contribution in [0.15, 0.2) is 46.0 Å². The third-order valence-electron chi connectivity index (χ3n) is 5.94. The SMILES string of the molecule is Cc1cc([C@H](c2cc(F)ccc2C#N)[C@H](C)c2nc(C(=O)Nc3cnoc3)c(O)c(=O)n2C)n(C)n1. The number of amides is 1. The van der Waals surface area contributed by atoms with Gasteiger partial charge in [-0.15, -0.1) is 0 Å². The molecule has 4 aromatic rings. The molecule has 4 rings (SSSR count). The maximum Gasteiger partial charge on any atom is 0.296 e. The summed E-state index contributed by atoms with van der Waals surface area (Å²) in [5.41, 5.74) is 0.800. The predicted octanol–water partition coefficient (Wildman–Crippen LogP) is 2.71. The number of anilines is 1. The minimum absolute atomic E-state index is 0.130. The fourth-order valence-electron chi connectivity index (χ4n) is 4.28. The highest BCUT2D eigenvalue weighted by Crippen LogP contribution is 2.39. The second-order valence-electron chi connectivity index (χ2n) is 8.34. The number of halogens is 1. The Morgan fingerprint density at radius 2 is 2.06 bits per heavy atom. The summed E-state index contributed by atoms with van der Waals surface area (Å²) in [5.74, 6) is -3.45. The summed E-state index contributed by atoms with van der Waals surface area (Å²) in [6.07, 6.45) is 2.42. The number of benzene rings is 1. The largest absolute Gasteiger partial charge is 0.501 e. The van der Waals surface area contributed by atoms with Gasteiger partial charge in [0.15, 0.2) is 5.69 Å². The third kappa shape index (κ3) is 4.34. The maximum absolute atomic E-state index is 14.4. The maximum atomic E-state index is 14.4. The van der Waals surface area contributed by atoms with Crippen molar-refractivity contribution in [3.63, 3.8) is 0 Å². The Labute approximate surface area is 204 Å². The second-order valence-corrected chi connectivity index (χ2v) is 8.34. The fourth-order valence-corrected chi connectivity index (χ4v) is 4.28. The summed E-state index contributed by atoms with van der Waals surface area (Å²) in [5, 5.41) is 30.5. The number of aromatic nitrogens is 5. The first-order valence-corrected chi connectivity index (χ1v) is 10.8. The molecule has 0 radical (unpaired) electrons. The minimum atomic E-state index is -0.849. The summed E-state index contributed by atoms with van der Waals surface area (Å²) >= 11 is 0. The smallest absolute Gasteiger partial charge is 0.296 e. The van der Waals surface area contributed by atoms with Gasteiger partial charge in [0.25, 0.3) is 11.5 Å². The first-order valence-electron chi connectivity index (χ1n) is 10.8. The summed E-state index contributed by atoms with van der Waals surface area (Å²) in [4.78, 5) is 30.1. The lowest BCUT2D eigenvalue weighted by Crippen LogP contribution is -2.30. The lowest BCUT2D eigenvalue weighted by molar-refractivity contribution is 0.101. The molecule has 0 aliphatic carbocycles. The van der Waals surface area contributed by atoms with Crippen molar-refractivity contribution in [3.05, 3.63) is 86.9 Å². The molecule has 0 unspecified atom stereocenters. The molecular formula is C24H22FN7O4. The van der Waals surface area contributed by atoms with E-state index in [4.69, 9.17) is 0 Å². The van der Waals surface area contributed by atoms with Gasteiger partial charge < -0.3 is 14.9 Å². The molecule has 0 spiro atoms. The van der Waals surface area contributed by atoms with Gasteiger partial charge in [0.05, 0.1) is 23.5 Å². The van der Waals surface area contributed by atoms with Crippen molar-refractivity contribution in [1.29, 1.82) is 5.26 Å². The quantitative estimate of drug-likeness (QED) is 0.418. The van der Waals surface area contributed by atoms with Gasteiger partial charge in [-0.25, -0.2) is 9.37 Å². The van der Waals surface area contributed by atoms with E-state index in [9.17, 15) is 24.3 Å². The molecule has 2 N–H and O–H groups in total. The van der Waals surface area contributed by atoms with Crippen LogP contribution in [0.2, 0.25) is 0 Å². The van der Waals surface area contributed by atoms with E-state index < -0.39 is 40.6 Å². The topological polar surface area (TPSA) is 152 Å². The van der Waals surface area contributed by atoms with Crippen molar-refractivity contribution in [3.8, 4) is 11.8 Å². The Hall–Kier alpha value is -4.79. The number of aryl methyl sites for hydroxylation is 2. The zero-order chi connectivity index (χ0) is 26.1. The number of aromatic hydroxyl groups is 1. The van der Waals surface area contributed by atoms with Crippen LogP contribution in [0.5, 0.6) is 5.75 Å². The molecule has 0 fully saturated rings. The van der Waals surface area contributed by atoms with E-state index in [0.717, 1.165) is 4.57 Å². The molecule has 3 aromatic heterocycles. The van der Waals surface area contributed by atoms with Gasteiger partial charge in [-0.3, -0.25) is 18.8 Å². The van der Waals surface area contributed by atoms with Crippen molar-refractivity contribution >= 4 is 11.6 Å². The van der Waals surface area contributed by atoms with Gasteiger partial charge in [-0.05, 0) is 36.8 Å². The molecule has 1 amide bonds. The first kappa shape index (κ1) is 24.3. The van der Waals surface area contributed by atoms with Gasteiger partial charge in [-0.2, -0.15) is 10.4 Å². The Balaban J connectivity index is 1.91. The normalized spacial score (nSPS) is 12.7. The lowest BCUT2D eigenvalue weighted by atomic mass is 9.81. The lowest BCUT2D eigenvalue weighted by Gasteiger charge is -2.27. The van der Waals surface area contributed by atoms with Gasteiger partial charge in [0.2, 0.25) is 5.75 Å². The van der Waals surface area contributed by atoms with E-state index in [1.54, 1.807) is 31.6 Å². The summed E-state index contributed by atoms with van der Waals surface area (Å²) in [6.45, 7) is 3.53. The van der Waals surface area contributed by atoms with E-state index in [1.807, 2.05) is 0 Å². The van der Waals surface area contributed by atoms with Crippen molar-refractivity contribution in [2.24, 2.45) is 14.1 Å². The molecule has 11 nitrogen and oxygen atoms in total. The van der Waals surface area contributed by atoms with Crippen LogP contribution in [0.4, 0.5) is 10.1 Å². The number of carbonyl (C=O) groups is 1. The van der Waals surface area contributed by atoms with Crippen LogP contribution in [0.1, 0.15) is 57.6 Å². The number of hydrogen-bond donors (Lipinski definition) is 2. The molecule has 0 aliphatic heterocycles. The van der Waals surface area contributed by atoms with E-state index in [1.165, 1.54) is 37.7 Å². The van der Waals surface area contributed by atoms with Gasteiger partial charge in [-0.1, -0.05) is 12.1 Å². The number of nitrogens with one attached hydrogen (secondary N) is 1. The van der Waals surface area contributed by atoms with Crippen molar-refractivity contribution < 1.29 is 18.8 Å². The molecule has 0 aliphatic rings. The van der Waals surface area contributed by atoms with Crippen LogP contribution in [-0.2, 0) is 14.1 Å². The van der Waals surface area contributed by atoms with Crippen molar-refractivity contribution in [1.82, 2.24) is 24.5 Å². The number of rotatable bonds is 6. The van der Waals surface area contributed by atoms with E-state index in [2.05, 4.69) is 31.1 Å². The molecular weight excluding hydrogens is 469 g/mol. The predicted molar refractivity (Wildman–Crippen MR) is 125 cm³/mol. The molecule has 184 valence electrons. The second kappa shape index (κ2) is 9.46. The van der Waals surface area contributed by atoms with Crippen LogP contribution < -0.4 is 10.9 Å². The number of nitriles is 1. The fraction of sp³-hybridized carbons (Fsp3) is 0.250. The monoisotopic (exact) mass is 491 g/mol. The average molecular weight is 491 g/mol. The Morgan fingerprint density at radius 3 is 2.67 bits per heavy atom. The van der Waals surface area contributed by atoms with Crippen LogP contribution in [0.25, 0.3) is 0 Å². The molecule has 0 bridgehead atoms. The minimum Gasteiger partial charge on any atom is -0.501 e.